The fraction of sp³-hybridized carbons (Fsp3) is 0.231. The third-order valence-corrected chi connectivity index (χ3v) is 3.61. The number of rotatable bonds is 6. The Kier molecular flexibility index (Phi) is 4.87. The summed E-state index contributed by atoms with van der Waals surface area (Å²) < 4.78 is 10.9. The maximum atomic E-state index is 8.64. The predicted octanol–water partition coefficient (Wildman–Crippen LogP) is 3.35. The van der Waals surface area contributed by atoms with Crippen LogP contribution in [0.5, 0.6) is 11.5 Å². The van der Waals surface area contributed by atoms with Crippen LogP contribution in [0.1, 0.15) is 4.88 Å². The zero-order valence-electron chi connectivity index (χ0n) is 9.64. The number of aliphatic hydroxyl groups is 1. The van der Waals surface area contributed by atoms with E-state index in [1.165, 1.54) is 0 Å². The molecule has 2 aromatic rings. The number of halogens is 1. The van der Waals surface area contributed by atoms with E-state index < -0.39 is 0 Å². The standard InChI is InChI=1S/C13H13ClO3S/c14-12-5-8-18-13(12)9-17-11-3-1-10(2-4-11)16-7-6-15/h1-5,8,15H,6-7,9H2. The topological polar surface area (TPSA) is 38.7 Å². The van der Waals surface area contributed by atoms with Crippen LogP contribution in [-0.2, 0) is 6.61 Å². The van der Waals surface area contributed by atoms with E-state index in [2.05, 4.69) is 0 Å². The van der Waals surface area contributed by atoms with Crippen molar-refractivity contribution in [2.24, 2.45) is 0 Å². The second-order valence-corrected chi connectivity index (χ2v) is 4.93. The lowest BCUT2D eigenvalue weighted by Gasteiger charge is -2.07. The van der Waals surface area contributed by atoms with Crippen LogP contribution in [-0.4, -0.2) is 18.3 Å². The lowest BCUT2D eigenvalue weighted by Crippen LogP contribution is -2.01. The van der Waals surface area contributed by atoms with Gasteiger partial charge in [-0.2, -0.15) is 0 Å². The van der Waals surface area contributed by atoms with Gasteiger partial charge in [-0.3, -0.25) is 0 Å². The average molecular weight is 285 g/mol. The molecule has 3 nitrogen and oxygen atoms in total. The van der Waals surface area contributed by atoms with Crippen LogP contribution in [0, 0.1) is 0 Å². The molecule has 96 valence electrons. The number of ether oxygens (including phenoxy) is 2. The van der Waals surface area contributed by atoms with Gasteiger partial charge in [0.1, 0.15) is 24.7 Å². The highest BCUT2D eigenvalue weighted by Crippen LogP contribution is 2.24. The lowest BCUT2D eigenvalue weighted by atomic mass is 10.3. The molecule has 0 unspecified atom stereocenters. The first-order valence-corrected chi connectivity index (χ1v) is 6.74. The van der Waals surface area contributed by atoms with Gasteiger partial charge in [0.15, 0.2) is 0 Å². The normalized spacial score (nSPS) is 10.3. The molecule has 0 saturated carbocycles. The first kappa shape index (κ1) is 13.2. The number of benzene rings is 1. The van der Waals surface area contributed by atoms with Crippen molar-refractivity contribution in [3.63, 3.8) is 0 Å². The highest BCUT2D eigenvalue weighted by Gasteiger charge is 2.03. The molecule has 0 bridgehead atoms. The van der Waals surface area contributed by atoms with Gasteiger partial charge < -0.3 is 14.6 Å². The van der Waals surface area contributed by atoms with Crippen LogP contribution in [0.15, 0.2) is 35.7 Å². The maximum absolute atomic E-state index is 8.64. The molecule has 1 N–H and O–H groups in total. The number of hydrogen-bond donors (Lipinski definition) is 1. The minimum Gasteiger partial charge on any atom is -0.491 e. The van der Waals surface area contributed by atoms with E-state index in [0.717, 1.165) is 15.6 Å². The molecular weight excluding hydrogens is 272 g/mol. The molecule has 1 aromatic heterocycles. The monoisotopic (exact) mass is 284 g/mol. The molecule has 18 heavy (non-hydrogen) atoms. The van der Waals surface area contributed by atoms with E-state index in [1.807, 2.05) is 23.6 Å². The molecule has 1 heterocycles. The van der Waals surface area contributed by atoms with Crippen LogP contribution in [0.4, 0.5) is 0 Å². The van der Waals surface area contributed by atoms with Gasteiger partial charge >= 0.3 is 0 Å². The molecule has 5 heteroatoms. The fourth-order valence-electron chi connectivity index (χ4n) is 1.37. The maximum Gasteiger partial charge on any atom is 0.124 e. The Bertz CT molecular complexity index is 481. The number of thiophene rings is 1. The van der Waals surface area contributed by atoms with Crippen molar-refractivity contribution < 1.29 is 14.6 Å². The van der Waals surface area contributed by atoms with Crippen LogP contribution >= 0.6 is 22.9 Å². The number of aliphatic hydroxyl groups excluding tert-OH is 1. The summed E-state index contributed by atoms with van der Waals surface area (Å²) in [6.45, 7) is 0.771. The van der Waals surface area contributed by atoms with Crippen LogP contribution < -0.4 is 9.47 Å². The molecule has 0 radical (unpaired) electrons. The van der Waals surface area contributed by atoms with Gasteiger partial charge in [0, 0.05) is 0 Å². The second kappa shape index (κ2) is 6.64. The summed E-state index contributed by atoms with van der Waals surface area (Å²) >= 11 is 7.55. The SMILES string of the molecule is OCCOc1ccc(OCc2sccc2Cl)cc1. The highest BCUT2D eigenvalue weighted by atomic mass is 35.5. The molecular formula is C13H13ClO3S. The van der Waals surface area contributed by atoms with Gasteiger partial charge in [-0.1, -0.05) is 11.6 Å². The van der Waals surface area contributed by atoms with Gasteiger partial charge in [0.2, 0.25) is 0 Å². The smallest absolute Gasteiger partial charge is 0.124 e. The average Bonchev–Trinajstić information content (AvgIpc) is 2.81. The molecule has 0 aliphatic carbocycles. The van der Waals surface area contributed by atoms with Crippen LogP contribution in [0.2, 0.25) is 5.02 Å². The first-order valence-electron chi connectivity index (χ1n) is 5.48. The first-order chi connectivity index (χ1) is 8.79. The van der Waals surface area contributed by atoms with E-state index in [4.69, 9.17) is 26.2 Å². The molecule has 0 aliphatic heterocycles. The Morgan fingerprint density at radius 3 is 2.28 bits per heavy atom. The summed E-state index contributed by atoms with van der Waals surface area (Å²) in [4.78, 5) is 1.01. The summed E-state index contributed by atoms with van der Waals surface area (Å²) in [5.74, 6) is 1.47. The van der Waals surface area contributed by atoms with Gasteiger partial charge in [0.05, 0.1) is 16.5 Å². The minimum atomic E-state index is 0.00906. The Labute approximate surface area is 115 Å². The van der Waals surface area contributed by atoms with Crippen molar-refractivity contribution in [1.82, 2.24) is 0 Å². The fourth-order valence-corrected chi connectivity index (χ4v) is 2.37. The van der Waals surface area contributed by atoms with Crippen molar-refractivity contribution in [3.8, 4) is 11.5 Å². The zero-order chi connectivity index (χ0) is 12.8. The Morgan fingerprint density at radius 1 is 1.06 bits per heavy atom. The van der Waals surface area contributed by atoms with E-state index >= 15 is 0 Å². The molecule has 2 rings (SSSR count). The Morgan fingerprint density at radius 2 is 1.72 bits per heavy atom. The highest BCUT2D eigenvalue weighted by molar-refractivity contribution is 7.10. The largest absolute Gasteiger partial charge is 0.491 e. The summed E-state index contributed by atoms with van der Waals surface area (Å²) in [6, 6.07) is 9.13. The van der Waals surface area contributed by atoms with E-state index in [0.29, 0.717) is 19.0 Å². The molecule has 1 aromatic carbocycles. The van der Waals surface area contributed by atoms with E-state index in [9.17, 15) is 0 Å². The van der Waals surface area contributed by atoms with Crippen molar-refractivity contribution in [3.05, 3.63) is 45.6 Å². The number of hydrogen-bond acceptors (Lipinski definition) is 4. The van der Waals surface area contributed by atoms with Crippen molar-refractivity contribution >= 4 is 22.9 Å². The third kappa shape index (κ3) is 3.63. The van der Waals surface area contributed by atoms with Crippen molar-refractivity contribution in [2.75, 3.05) is 13.2 Å². The zero-order valence-corrected chi connectivity index (χ0v) is 11.2. The van der Waals surface area contributed by atoms with Crippen molar-refractivity contribution in [1.29, 1.82) is 0 Å². The third-order valence-electron chi connectivity index (χ3n) is 2.24. The second-order valence-electron chi connectivity index (χ2n) is 3.52. The molecule has 0 atom stereocenters. The minimum absolute atomic E-state index is 0.00906. The van der Waals surface area contributed by atoms with E-state index in [-0.39, 0.29) is 6.61 Å². The summed E-state index contributed by atoms with van der Waals surface area (Å²) in [7, 11) is 0. The van der Waals surface area contributed by atoms with Gasteiger partial charge in [-0.05, 0) is 35.7 Å². The molecule has 0 aliphatic rings. The summed E-state index contributed by atoms with van der Waals surface area (Å²) in [6.07, 6.45) is 0. The van der Waals surface area contributed by atoms with Crippen LogP contribution in [0.25, 0.3) is 0 Å². The molecule has 0 fully saturated rings. The predicted molar refractivity (Wildman–Crippen MR) is 72.7 cm³/mol. The summed E-state index contributed by atoms with van der Waals surface area (Å²) in [5, 5.41) is 11.3. The van der Waals surface area contributed by atoms with Crippen LogP contribution in [0.3, 0.4) is 0 Å². The van der Waals surface area contributed by atoms with Gasteiger partial charge in [0.25, 0.3) is 0 Å². The lowest BCUT2D eigenvalue weighted by molar-refractivity contribution is 0.201. The molecule has 0 saturated heterocycles. The molecule has 0 spiro atoms. The van der Waals surface area contributed by atoms with Gasteiger partial charge in [-0.25, -0.2) is 0 Å². The summed E-state index contributed by atoms with van der Waals surface area (Å²) in [5.41, 5.74) is 0. The molecule has 0 amide bonds. The van der Waals surface area contributed by atoms with Crippen molar-refractivity contribution in [2.45, 2.75) is 6.61 Å². The Hall–Kier alpha value is -1.23. The quantitative estimate of drug-likeness (QED) is 0.884. The van der Waals surface area contributed by atoms with E-state index in [1.54, 1.807) is 23.5 Å². The Balaban J connectivity index is 1.88. The van der Waals surface area contributed by atoms with Gasteiger partial charge in [-0.15, -0.1) is 11.3 Å².